The molecule has 5 nitrogen and oxygen atoms in total. The van der Waals surface area contributed by atoms with Crippen molar-refractivity contribution in [1.29, 1.82) is 0 Å². The van der Waals surface area contributed by atoms with Crippen molar-refractivity contribution in [1.82, 2.24) is 10.2 Å². The van der Waals surface area contributed by atoms with E-state index in [4.69, 9.17) is 16.3 Å². The number of hydrogen-bond donors (Lipinski definition) is 1. The predicted octanol–water partition coefficient (Wildman–Crippen LogP) is 3.56. The summed E-state index contributed by atoms with van der Waals surface area (Å²) in [5.41, 5.74) is 1.80. The quantitative estimate of drug-likeness (QED) is 0.835. The zero-order valence-electron chi connectivity index (χ0n) is 16.3. The van der Waals surface area contributed by atoms with Gasteiger partial charge in [-0.05, 0) is 55.2 Å². The minimum atomic E-state index is -0.170. The monoisotopic (exact) mass is 412 g/mol. The number of ether oxygens (including phenoxy) is 1. The van der Waals surface area contributed by atoms with Crippen LogP contribution in [-0.2, 0) is 11.2 Å². The first kappa shape index (κ1) is 19.8. The number of nitrogens with one attached hydrogen (secondary N) is 1. The third-order valence-corrected chi connectivity index (χ3v) is 5.94. The average molecular weight is 413 g/mol. The highest BCUT2D eigenvalue weighted by atomic mass is 35.5. The van der Waals surface area contributed by atoms with Gasteiger partial charge in [-0.15, -0.1) is 0 Å². The normalized spacial score (nSPS) is 21.1. The van der Waals surface area contributed by atoms with Crippen LogP contribution in [0.2, 0.25) is 5.02 Å². The minimum absolute atomic E-state index is 0.0254. The minimum Gasteiger partial charge on any atom is -0.493 e. The molecule has 2 amide bonds. The molecule has 2 aliphatic heterocycles. The molecule has 2 heterocycles. The number of hydrogen-bond acceptors (Lipinski definition) is 3. The van der Waals surface area contributed by atoms with E-state index < -0.39 is 0 Å². The van der Waals surface area contributed by atoms with E-state index in [0.29, 0.717) is 36.8 Å². The van der Waals surface area contributed by atoms with Gasteiger partial charge >= 0.3 is 0 Å². The van der Waals surface area contributed by atoms with Gasteiger partial charge in [0.25, 0.3) is 5.91 Å². The number of rotatable bonds is 4. The summed E-state index contributed by atoms with van der Waals surface area (Å²) in [6, 6.07) is 14.9. The molecule has 2 atom stereocenters. The van der Waals surface area contributed by atoms with Crippen molar-refractivity contribution in [3.05, 3.63) is 64.7 Å². The SMILES string of the molecule is O=C(NC[C@@H]1COc2ccccc2C1)[C@@H]1CCCN(C(=O)c2ccc(Cl)cc2)C1. The van der Waals surface area contributed by atoms with Gasteiger partial charge < -0.3 is 15.0 Å². The van der Waals surface area contributed by atoms with E-state index in [9.17, 15) is 9.59 Å². The zero-order valence-corrected chi connectivity index (χ0v) is 17.0. The highest BCUT2D eigenvalue weighted by Gasteiger charge is 2.29. The average Bonchev–Trinajstić information content (AvgIpc) is 2.77. The first-order chi connectivity index (χ1) is 14.1. The second-order valence-corrected chi connectivity index (χ2v) is 8.27. The van der Waals surface area contributed by atoms with Crippen molar-refractivity contribution >= 4 is 23.4 Å². The Morgan fingerprint density at radius 2 is 1.93 bits per heavy atom. The van der Waals surface area contributed by atoms with Gasteiger partial charge in [0, 0.05) is 36.1 Å². The van der Waals surface area contributed by atoms with Crippen molar-refractivity contribution in [2.75, 3.05) is 26.2 Å². The van der Waals surface area contributed by atoms with Crippen LogP contribution in [0.5, 0.6) is 5.75 Å². The maximum absolute atomic E-state index is 12.7. The fourth-order valence-corrected chi connectivity index (χ4v) is 4.19. The largest absolute Gasteiger partial charge is 0.493 e. The van der Waals surface area contributed by atoms with Crippen LogP contribution in [0, 0.1) is 11.8 Å². The smallest absolute Gasteiger partial charge is 0.253 e. The molecule has 2 aliphatic rings. The summed E-state index contributed by atoms with van der Waals surface area (Å²) in [5, 5.41) is 3.69. The van der Waals surface area contributed by atoms with E-state index in [0.717, 1.165) is 25.0 Å². The summed E-state index contributed by atoms with van der Waals surface area (Å²) in [4.78, 5) is 27.2. The molecule has 0 aliphatic carbocycles. The van der Waals surface area contributed by atoms with E-state index in [1.807, 2.05) is 18.2 Å². The maximum atomic E-state index is 12.7. The first-order valence-corrected chi connectivity index (χ1v) is 10.5. The molecule has 0 radical (unpaired) electrons. The third kappa shape index (κ3) is 4.73. The number of piperidine rings is 1. The van der Waals surface area contributed by atoms with Gasteiger partial charge in [-0.1, -0.05) is 29.8 Å². The summed E-state index contributed by atoms with van der Waals surface area (Å²) >= 11 is 5.91. The van der Waals surface area contributed by atoms with Crippen LogP contribution >= 0.6 is 11.6 Å². The highest BCUT2D eigenvalue weighted by Crippen LogP contribution is 2.26. The number of nitrogens with zero attached hydrogens (tertiary/aromatic N) is 1. The second-order valence-electron chi connectivity index (χ2n) is 7.83. The van der Waals surface area contributed by atoms with E-state index in [1.165, 1.54) is 5.56 Å². The maximum Gasteiger partial charge on any atom is 0.253 e. The molecule has 0 bridgehead atoms. The van der Waals surface area contributed by atoms with Gasteiger partial charge in [0.05, 0.1) is 12.5 Å². The number of carbonyl (C=O) groups is 2. The lowest BCUT2D eigenvalue weighted by Crippen LogP contribution is -2.46. The number of benzene rings is 2. The molecule has 4 rings (SSSR count). The summed E-state index contributed by atoms with van der Waals surface area (Å²) in [6.45, 7) is 2.34. The summed E-state index contributed by atoms with van der Waals surface area (Å²) < 4.78 is 5.81. The summed E-state index contributed by atoms with van der Waals surface area (Å²) in [7, 11) is 0. The Bertz CT molecular complexity index is 884. The van der Waals surface area contributed by atoms with Crippen molar-refractivity contribution in [3.8, 4) is 5.75 Å². The van der Waals surface area contributed by atoms with Crippen LogP contribution in [0.25, 0.3) is 0 Å². The number of carbonyl (C=O) groups excluding carboxylic acids is 2. The number of amides is 2. The Kier molecular flexibility index (Phi) is 6.05. The van der Waals surface area contributed by atoms with Gasteiger partial charge in [-0.2, -0.15) is 0 Å². The Labute approximate surface area is 176 Å². The van der Waals surface area contributed by atoms with Crippen LogP contribution in [0.1, 0.15) is 28.8 Å². The van der Waals surface area contributed by atoms with E-state index in [-0.39, 0.29) is 23.7 Å². The van der Waals surface area contributed by atoms with E-state index >= 15 is 0 Å². The standard InChI is InChI=1S/C23H25ClN2O3/c24-20-9-7-17(8-10-20)23(28)26-11-3-5-19(14-26)22(27)25-13-16-12-18-4-1-2-6-21(18)29-15-16/h1-2,4,6-10,16,19H,3,5,11-15H2,(H,25,27)/t16-,19-/m1/s1. The lowest BCUT2D eigenvalue weighted by molar-refractivity contribution is -0.126. The number of likely N-dealkylation sites (tertiary alicyclic amines) is 1. The molecule has 1 fully saturated rings. The molecule has 1 saturated heterocycles. The first-order valence-electron chi connectivity index (χ1n) is 10.1. The number of halogens is 1. The van der Waals surface area contributed by atoms with Crippen molar-refractivity contribution in [3.63, 3.8) is 0 Å². The van der Waals surface area contributed by atoms with Gasteiger partial charge in [0.2, 0.25) is 5.91 Å². The van der Waals surface area contributed by atoms with Gasteiger partial charge in [-0.25, -0.2) is 0 Å². The van der Waals surface area contributed by atoms with Crippen LogP contribution < -0.4 is 10.1 Å². The van der Waals surface area contributed by atoms with Crippen LogP contribution in [0.3, 0.4) is 0 Å². The molecule has 0 spiro atoms. The van der Waals surface area contributed by atoms with Crippen molar-refractivity contribution in [2.45, 2.75) is 19.3 Å². The number of para-hydroxylation sites is 1. The number of fused-ring (bicyclic) bond motifs is 1. The fourth-order valence-electron chi connectivity index (χ4n) is 4.06. The molecular weight excluding hydrogens is 388 g/mol. The van der Waals surface area contributed by atoms with Crippen LogP contribution in [0.4, 0.5) is 0 Å². The molecule has 2 aromatic carbocycles. The molecule has 6 heteroatoms. The molecular formula is C23H25ClN2O3. The van der Waals surface area contributed by atoms with Gasteiger partial charge in [-0.3, -0.25) is 9.59 Å². The molecule has 0 aromatic heterocycles. The van der Waals surface area contributed by atoms with Crippen molar-refractivity contribution < 1.29 is 14.3 Å². The lowest BCUT2D eigenvalue weighted by Gasteiger charge is -2.32. The lowest BCUT2D eigenvalue weighted by atomic mass is 9.94. The van der Waals surface area contributed by atoms with Gasteiger partial charge in [0.1, 0.15) is 5.75 Å². The Hall–Kier alpha value is -2.53. The molecule has 29 heavy (non-hydrogen) atoms. The van der Waals surface area contributed by atoms with E-state index in [1.54, 1.807) is 29.2 Å². The molecule has 0 unspecified atom stereocenters. The Morgan fingerprint density at radius 1 is 1.14 bits per heavy atom. The molecule has 0 saturated carbocycles. The predicted molar refractivity (Wildman–Crippen MR) is 112 cm³/mol. The highest BCUT2D eigenvalue weighted by molar-refractivity contribution is 6.30. The summed E-state index contributed by atoms with van der Waals surface area (Å²) in [6.07, 6.45) is 2.54. The Morgan fingerprint density at radius 3 is 2.76 bits per heavy atom. The van der Waals surface area contributed by atoms with Crippen LogP contribution in [-0.4, -0.2) is 43.0 Å². The van der Waals surface area contributed by atoms with Crippen LogP contribution in [0.15, 0.2) is 48.5 Å². The topological polar surface area (TPSA) is 58.6 Å². The molecule has 1 N–H and O–H groups in total. The fraction of sp³-hybridized carbons (Fsp3) is 0.391. The summed E-state index contributed by atoms with van der Waals surface area (Å²) in [5.74, 6) is 1.02. The molecule has 152 valence electrons. The van der Waals surface area contributed by atoms with E-state index in [2.05, 4.69) is 11.4 Å². The van der Waals surface area contributed by atoms with Crippen molar-refractivity contribution in [2.24, 2.45) is 11.8 Å². The van der Waals surface area contributed by atoms with Gasteiger partial charge in [0.15, 0.2) is 0 Å². The third-order valence-electron chi connectivity index (χ3n) is 5.69. The zero-order chi connectivity index (χ0) is 20.2. The second kappa shape index (κ2) is 8.87. The Balaban J connectivity index is 1.30. The molecule has 2 aromatic rings.